The molecule has 0 radical (unpaired) electrons. The van der Waals surface area contributed by atoms with Gasteiger partial charge >= 0.3 is 0 Å². The topological polar surface area (TPSA) is 75.1 Å². The highest BCUT2D eigenvalue weighted by molar-refractivity contribution is 6.99. The molecule has 1 amide bonds. The molecule has 2 rings (SSSR count). The number of aromatic hydroxyl groups is 1. The molecule has 0 atom stereocenters. The summed E-state index contributed by atoms with van der Waals surface area (Å²) in [7, 11) is 0. The summed E-state index contributed by atoms with van der Waals surface area (Å²) < 4.78 is 7.79. The van der Waals surface area contributed by atoms with Crippen molar-refractivity contribution in [1.29, 1.82) is 0 Å². The van der Waals surface area contributed by atoms with Crippen LogP contribution in [0.5, 0.6) is 5.75 Å². The summed E-state index contributed by atoms with van der Waals surface area (Å²) in [6.07, 6.45) is 1.59. The number of hydrogen-bond donors (Lipinski definition) is 2. The molecular formula is C10H8ClN3O2S. The van der Waals surface area contributed by atoms with Gasteiger partial charge in [-0.1, -0.05) is 11.6 Å². The van der Waals surface area contributed by atoms with Gasteiger partial charge in [0.25, 0.3) is 5.91 Å². The van der Waals surface area contributed by atoms with Crippen LogP contribution >= 0.6 is 23.3 Å². The van der Waals surface area contributed by atoms with Crippen LogP contribution in [0.3, 0.4) is 0 Å². The van der Waals surface area contributed by atoms with Crippen molar-refractivity contribution >= 4 is 29.2 Å². The third-order valence-corrected chi connectivity index (χ3v) is 2.87. The first-order valence-corrected chi connectivity index (χ1v) is 5.81. The summed E-state index contributed by atoms with van der Waals surface area (Å²) in [5, 5.41) is 12.0. The fourth-order valence-electron chi connectivity index (χ4n) is 1.18. The Morgan fingerprint density at radius 1 is 1.53 bits per heavy atom. The molecule has 2 aromatic rings. The fourth-order valence-corrected chi connectivity index (χ4v) is 1.80. The molecule has 1 aromatic carbocycles. The minimum Gasteiger partial charge on any atom is -0.506 e. The first-order valence-electron chi connectivity index (χ1n) is 4.70. The summed E-state index contributed by atoms with van der Waals surface area (Å²) in [6, 6.07) is 4.28. The van der Waals surface area contributed by atoms with Crippen LogP contribution in [0, 0.1) is 0 Å². The Kier molecular flexibility index (Phi) is 3.55. The van der Waals surface area contributed by atoms with E-state index in [-0.39, 0.29) is 16.7 Å². The number of amides is 1. The average molecular weight is 270 g/mol. The summed E-state index contributed by atoms with van der Waals surface area (Å²) in [5.41, 5.74) is 1.09. The van der Waals surface area contributed by atoms with Crippen molar-refractivity contribution in [3.8, 4) is 5.75 Å². The quantitative estimate of drug-likeness (QED) is 0.891. The van der Waals surface area contributed by atoms with Crippen molar-refractivity contribution in [3.63, 3.8) is 0 Å². The number of nitrogens with zero attached hydrogens (tertiary/aromatic N) is 2. The Hall–Kier alpha value is -1.66. The maximum absolute atomic E-state index is 11.7. The van der Waals surface area contributed by atoms with Crippen LogP contribution in [-0.4, -0.2) is 19.8 Å². The van der Waals surface area contributed by atoms with Crippen molar-refractivity contribution in [2.45, 2.75) is 6.54 Å². The molecule has 0 spiro atoms. The van der Waals surface area contributed by atoms with E-state index in [4.69, 9.17) is 11.6 Å². The van der Waals surface area contributed by atoms with E-state index in [0.29, 0.717) is 17.8 Å². The lowest BCUT2D eigenvalue weighted by Crippen LogP contribution is -2.22. The predicted molar refractivity (Wildman–Crippen MR) is 64.2 cm³/mol. The molecule has 0 aliphatic carbocycles. The summed E-state index contributed by atoms with van der Waals surface area (Å²) in [5.74, 6) is -0.327. The molecule has 1 aromatic heterocycles. The van der Waals surface area contributed by atoms with Crippen LogP contribution in [-0.2, 0) is 6.54 Å². The van der Waals surface area contributed by atoms with Crippen molar-refractivity contribution in [3.05, 3.63) is 40.7 Å². The van der Waals surface area contributed by atoms with E-state index >= 15 is 0 Å². The largest absolute Gasteiger partial charge is 0.506 e. The highest BCUT2D eigenvalue weighted by Crippen LogP contribution is 2.23. The molecule has 17 heavy (non-hydrogen) atoms. The second-order valence-electron chi connectivity index (χ2n) is 3.25. The van der Waals surface area contributed by atoms with Gasteiger partial charge in [-0.25, -0.2) is 0 Å². The second-order valence-corrected chi connectivity index (χ2v) is 4.21. The van der Waals surface area contributed by atoms with Crippen LogP contribution in [0.1, 0.15) is 16.1 Å². The van der Waals surface area contributed by atoms with Crippen LogP contribution in [0.25, 0.3) is 0 Å². The SMILES string of the molecule is O=C(NCc1cnsn1)c1ccc(O)c(Cl)c1. The third-order valence-electron chi connectivity index (χ3n) is 2.05. The van der Waals surface area contributed by atoms with E-state index in [9.17, 15) is 9.90 Å². The van der Waals surface area contributed by atoms with Crippen LogP contribution in [0.2, 0.25) is 5.02 Å². The zero-order valence-electron chi connectivity index (χ0n) is 8.55. The van der Waals surface area contributed by atoms with Gasteiger partial charge in [-0.05, 0) is 18.2 Å². The van der Waals surface area contributed by atoms with E-state index in [0.717, 1.165) is 11.7 Å². The Bertz CT molecular complexity index is 530. The number of nitrogens with one attached hydrogen (secondary N) is 1. The van der Waals surface area contributed by atoms with Gasteiger partial charge in [-0.15, -0.1) is 0 Å². The Morgan fingerprint density at radius 3 is 3.00 bits per heavy atom. The van der Waals surface area contributed by atoms with E-state index in [2.05, 4.69) is 14.1 Å². The third kappa shape index (κ3) is 2.92. The summed E-state index contributed by atoms with van der Waals surface area (Å²) >= 11 is 6.79. The molecule has 0 aliphatic heterocycles. The molecule has 5 nitrogen and oxygen atoms in total. The smallest absolute Gasteiger partial charge is 0.251 e. The lowest BCUT2D eigenvalue weighted by atomic mass is 10.2. The van der Waals surface area contributed by atoms with Gasteiger partial charge in [-0.2, -0.15) is 8.75 Å². The molecule has 0 bridgehead atoms. The molecule has 0 aliphatic rings. The second kappa shape index (κ2) is 5.11. The number of rotatable bonds is 3. The fraction of sp³-hybridized carbons (Fsp3) is 0.100. The van der Waals surface area contributed by atoms with Crippen LogP contribution < -0.4 is 5.32 Å². The maximum Gasteiger partial charge on any atom is 0.251 e. The van der Waals surface area contributed by atoms with Gasteiger partial charge in [0.15, 0.2) is 0 Å². The number of halogens is 1. The van der Waals surface area contributed by atoms with Crippen LogP contribution in [0.4, 0.5) is 0 Å². The zero-order chi connectivity index (χ0) is 12.3. The number of carbonyl (C=O) groups is 1. The normalized spacial score (nSPS) is 10.2. The minimum atomic E-state index is -0.278. The molecule has 0 fully saturated rings. The first kappa shape index (κ1) is 11.8. The molecule has 1 heterocycles. The molecule has 0 saturated heterocycles. The zero-order valence-corrected chi connectivity index (χ0v) is 10.1. The molecule has 7 heteroatoms. The average Bonchev–Trinajstić information content (AvgIpc) is 2.82. The van der Waals surface area contributed by atoms with E-state index in [1.165, 1.54) is 18.2 Å². The number of phenols is 1. The summed E-state index contributed by atoms with van der Waals surface area (Å²) in [6.45, 7) is 0.313. The number of aromatic nitrogens is 2. The number of benzene rings is 1. The van der Waals surface area contributed by atoms with E-state index in [1.54, 1.807) is 6.20 Å². The monoisotopic (exact) mass is 269 g/mol. The Balaban J connectivity index is 2.02. The van der Waals surface area contributed by atoms with Gasteiger partial charge in [0.1, 0.15) is 5.75 Å². The van der Waals surface area contributed by atoms with Gasteiger partial charge in [0.05, 0.1) is 35.2 Å². The Morgan fingerprint density at radius 2 is 2.35 bits per heavy atom. The van der Waals surface area contributed by atoms with Crippen molar-refractivity contribution in [1.82, 2.24) is 14.1 Å². The number of phenolic OH excluding ortho intramolecular Hbond substituents is 1. The van der Waals surface area contributed by atoms with Crippen LogP contribution in [0.15, 0.2) is 24.4 Å². The van der Waals surface area contributed by atoms with Crippen molar-refractivity contribution < 1.29 is 9.90 Å². The molecule has 0 unspecified atom stereocenters. The highest BCUT2D eigenvalue weighted by Gasteiger charge is 2.08. The molecule has 2 N–H and O–H groups in total. The predicted octanol–water partition coefficient (Wildman–Crippen LogP) is 1.83. The van der Waals surface area contributed by atoms with Crippen molar-refractivity contribution in [2.24, 2.45) is 0 Å². The lowest BCUT2D eigenvalue weighted by molar-refractivity contribution is 0.0950. The van der Waals surface area contributed by atoms with E-state index < -0.39 is 0 Å². The summed E-state index contributed by atoms with van der Waals surface area (Å²) in [4.78, 5) is 11.7. The molecule has 0 saturated carbocycles. The minimum absolute atomic E-state index is 0.0492. The first-order chi connectivity index (χ1) is 8.16. The highest BCUT2D eigenvalue weighted by atomic mass is 35.5. The van der Waals surface area contributed by atoms with Crippen molar-refractivity contribution in [2.75, 3.05) is 0 Å². The van der Waals surface area contributed by atoms with Gasteiger partial charge in [0, 0.05) is 5.56 Å². The molecule has 88 valence electrons. The maximum atomic E-state index is 11.7. The number of carbonyl (C=O) groups excluding carboxylic acids is 1. The van der Waals surface area contributed by atoms with Gasteiger partial charge < -0.3 is 10.4 Å². The lowest BCUT2D eigenvalue weighted by Gasteiger charge is -2.04. The standard InChI is InChI=1S/C10H8ClN3O2S/c11-8-3-6(1-2-9(8)15)10(16)12-4-7-5-13-17-14-7/h1-3,5,15H,4H2,(H,12,16). The van der Waals surface area contributed by atoms with Gasteiger partial charge in [0.2, 0.25) is 0 Å². The van der Waals surface area contributed by atoms with Gasteiger partial charge in [-0.3, -0.25) is 4.79 Å². The number of hydrogen-bond acceptors (Lipinski definition) is 5. The molecular weight excluding hydrogens is 262 g/mol. The Labute approximate surface area is 106 Å². The van der Waals surface area contributed by atoms with E-state index in [1.807, 2.05) is 0 Å².